The molecule has 1 unspecified atom stereocenters. The summed E-state index contributed by atoms with van der Waals surface area (Å²) in [6, 6.07) is 4.10. The molecule has 1 aliphatic rings. The summed E-state index contributed by atoms with van der Waals surface area (Å²) in [7, 11) is -0.775. The molecule has 0 spiro atoms. The van der Waals surface area contributed by atoms with Crippen molar-refractivity contribution < 1.29 is 8.42 Å². The zero-order chi connectivity index (χ0) is 13.7. The smallest absolute Gasteiger partial charge is 0.153 e. The maximum Gasteiger partial charge on any atom is 0.153 e. The first-order valence-corrected chi connectivity index (χ1v) is 8.38. The van der Waals surface area contributed by atoms with E-state index in [9.17, 15) is 8.42 Å². The molecule has 5 nitrogen and oxygen atoms in total. The first-order valence-electron chi connectivity index (χ1n) is 6.56. The molecule has 2 heterocycles. The van der Waals surface area contributed by atoms with E-state index in [1.807, 2.05) is 12.1 Å². The van der Waals surface area contributed by atoms with Crippen LogP contribution in [0.15, 0.2) is 24.5 Å². The van der Waals surface area contributed by atoms with E-state index in [1.54, 1.807) is 12.4 Å². The van der Waals surface area contributed by atoms with Gasteiger partial charge in [0.2, 0.25) is 0 Å². The third-order valence-corrected chi connectivity index (χ3v) is 5.10. The predicted molar refractivity (Wildman–Crippen MR) is 75.6 cm³/mol. The number of nitrogens with one attached hydrogen (secondary N) is 1. The van der Waals surface area contributed by atoms with Gasteiger partial charge in [-0.2, -0.15) is 0 Å². The summed E-state index contributed by atoms with van der Waals surface area (Å²) in [4.78, 5) is 6.20. The van der Waals surface area contributed by atoms with Gasteiger partial charge in [0.05, 0.1) is 11.5 Å². The molecule has 0 saturated carbocycles. The third-order valence-electron chi connectivity index (χ3n) is 3.36. The minimum absolute atomic E-state index is 0.0960. The summed E-state index contributed by atoms with van der Waals surface area (Å²) in [6.07, 6.45) is 4.44. The molecule has 1 aromatic rings. The highest BCUT2D eigenvalue weighted by Gasteiger charge is 2.23. The minimum atomic E-state index is -2.83. The van der Waals surface area contributed by atoms with E-state index in [-0.39, 0.29) is 17.5 Å². The maximum absolute atomic E-state index is 11.5. The van der Waals surface area contributed by atoms with Crippen LogP contribution in [0.1, 0.15) is 12.0 Å². The first kappa shape index (κ1) is 14.4. The first-order chi connectivity index (χ1) is 9.05. The molecule has 1 aromatic heterocycles. The monoisotopic (exact) mass is 283 g/mol. The zero-order valence-electron chi connectivity index (χ0n) is 11.2. The molecule has 0 aromatic carbocycles. The quantitative estimate of drug-likeness (QED) is 0.841. The molecule has 1 aliphatic heterocycles. The maximum atomic E-state index is 11.5. The summed E-state index contributed by atoms with van der Waals surface area (Å²) in [6.45, 7) is 2.33. The Bertz CT molecular complexity index is 490. The van der Waals surface area contributed by atoms with E-state index in [2.05, 4.69) is 22.2 Å². The highest BCUT2D eigenvalue weighted by atomic mass is 32.2. The molecule has 1 saturated heterocycles. The molecule has 6 heteroatoms. The van der Waals surface area contributed by atoms with Crippen molar-refractivity contribution in [2.75, 3.05) is 31.6 Å². The van der Waals surface area contributed by atoms with Gasteiger partial charge in [0.15, 0.2) is 9.84 Å². The molecule has 1 atom stereocenters. The van der Waals surface area contributed by atoms with Crippen LogP contribution in [0.5, 0.6) is 0 Å². The van der Waals surface area contributed by atoms with E-state index in [0.717, 1.165) is 19.5 Å². The molecule has 0 aliphatic carbocycles. The molecule has 2 rings (SSSR count). The van der Waals surface area contributed by atoms with Gasteiger partial charge < -0.3 is 10.2 Å². The van der Waals surface area contributed by atoms with Crippen molar-refractivity contribution in [2.45, 2.75) is 19.0 Å². The number of rotatable bonds is 5. The Balaban J connectivity index is 1.76. The van der Waals surface area contributed by atoms with E-state index in [0.29, 0.717) is 6.54 Å². The van der Waals surface area contributed by atoms with E-state index in [4.69, 9.17) is 0 Å². The normalized spacial score (nSPS) is 22.5. The average Bonchev–Trinajstić information content (AvgIpc) is 2.36. The lowest BCUT2D eigenvalue weighted by Crippen LogP contribution is -2.46. The van der Waals surface area contributed by atoms with Crippen LogP contribution in [0.2, 0.25) is 0 Å². The number of pyridine rings is 1. The van der Waals surface area contributed by atoms with Crippen LogP contribution in [0.4, 0.5) is 0 Å². The topological polar surface area (TPSA) is 62.3 Å². The fraction of sp³-hybridized carbons (Fsp3) is 0.615. The third kappa shape index (κ3) is 4.89. The summed E-state index contributed by atoms with van der Waals surface area (Å²) >= 11 is 0. The summed E-state index contributed by atoms with van der Waals surface area (Å²) in [5.41, 5.74) is 1.22. The Morgan fingerprint density at radius 1 is 1.42 bits per heavy atom. The molecule has 0 bridgehead atoms. The van der Waals surface area contributed by atoms with Crippen molar-refractivity contribution in [3.63, 3.8) is 0 Å². The van der Waals surface area contributed by atoms with Gasteiger partial charge in [-0.3, -0.25) is 4.98 Å². The fourth-order valence-corrected chi connectivity index (χ4v) is 3.80. The predicted octanol–water partition coefficient (Wildman–Crippen LogP) is 0.290. The van der Waals surface area contributed by atoms with Gasteiger partial charge >= 0.3 is 0 Å². The lowest BCUT2D eigenvalue weighted by atomic mass is 10.2. The van der Waals surface area contributed by atoms with Crippen LogP contribution in [0.3, 0.4) is 0 Å². The largest absolute Gasteiger partial charge is 0.312 e. The van der Waals surface area contributed by atoms with Crippen molar-refractivity contribution in [3.8, 4) is 0 Å². The second-order valence-electron chi connectivity index (χ2n) is 5.15. The van der Waals surface area contributed by atoms with E-state index in [1.165, 1.54) is 5.56 Å². The highest BCUT2D eigenvalue weighted by molar-refractivity contribution is 7.91. The number of aromatic nitrogens is 1. The Morgan fingerprint density at radius 2 is 2.16 bits per heavy atom. The van der Waals surface area contributed by atoms with Crippen molar-refractivity contribution in [1.29, 1.82) is 0 Å². The number of nitrogens with zero attached hydrogens (tertiary/aromatic N) is 2. The molecular formula is C13H21N3O2S. The fourth-order valence-electron chi connectivity index (χ4n) is 2.31. The van der Waals surface area contributed by atoms with Gasteiger partial charge in [-0.25, -0.2) is 8.42 Å². The zero-order valence-corrected chi connectivity index (χ0v) is 12.1. The molecule has 1 fully saturated rings. The van der Waals surface area contributed by atoms with Crippen LogP contribution in [-0.2, 0) is 16.4 Å². The lowest BCUT2D eigenvalue weighted by molar-refractivity contribution is 0.303. The van der Waals surface area contributed by atoms with Crippen LogP contribution >= 0.6 is 0 Å². The molecule has 19 heavy (non-hydrogen) atoms. The highest BCUT2D eigenvalue weighted by Crippen LogP contribution is 2.07. The van der Waals surface area contributed by atoms with Crippen LogP contribution in [0, 0.1) is 0 Å². The van der Waals surface area contributed by atoms with Crippen molar-refractivity contribution in [3.05, 3.63) is 30.1 Å². The van der Waals surface area contributed by atoms with Crippen molar-refractivity contribution in [2.24, 2.45) is 0 Å². The molecule has 0 radical (unpaired) electrons. The Labute approximate surface area is 114 Å². The Hall–Kier alpha value is -0.980. The molecular weight excluding hydrogens is 262 g/mol. The average molecular weight is 283 g/mol. The van der Waals surface area contributed by atoms with Gasteiger partial charge in [-0.05, 0) is 37.7 Å². The second-order valence-corrected chi connectivity index (χ2v) is 7.38. The SMILES string of the molecule is CN(CCC1CS(=O)(=O)CCN1)Cc1ccncc1. The second kappa shape index (κ2) is 6.45. The Morgan fingerprint density at radius 3 is 2.84 bits per heavy atom. The van der Waals surface area contributed by atoms with Crippen molar-refractivity contribution >= 4 is 9.84 Å². The van der Waals surface area contributed by atoms with E-state index < -0.39 is 9.84 Å². The van der Waals surface area contributed by atoms with Gasteiger partial charge in [-0.15, -0.1) is 0 Å². The van der Waals surface area contributed by atoms with Gasteiger partial charge in [0, 0.05) is 31.5 Å². The van der Waals surface area contributed by atoms with Crippen molar-refractivity contribution in [1.82, 2.24) is 15.2 Å². The number of hydrogen-bond acceptors (Lipinski definition) is 5. The minimum Gasteiger partial charge on any atom is -0.312 e. The number of hydrogen-bond donors (Lipinski definition) is 1. The van der Waals surface area contributed by atoms with Gasteiger partial charge in [-0.1, -0.05) is 0 Å². The Kier molecular flexibility index (Phi) is 4.90. The molecule has 106 valence electrons. The van der Waals surface area contributed by atoms with Crippen LogP contribution in [-0.4, -0.2) is 56.0 Å². The lowest BCUT2D eigenvalue weighted by Gasteiger charge is -2.26. The summed E-state index contributed by atoms with van der Waals surface area (Å²) < 4.78 is 23.1. The van der Waals surface area contributed by atoms with E-state index >= 15 is 0 Å². The summed E-state index contributed by atoms with van der Waals surface area (Å²) in [5.74, 6) is 0.548. The van der Waals surface area contributed by atoms with Crippen LogP contribution < -0.4 is 5.32 Å². The summed E-state index contributed by atoms with van der Waals surface area (Å²) in [5, 5.41) is 3.28. The standard InChI is InChI=1S/C13H21N3O2S/c1-16(10-12-2-5-14-6-3-12)8-4-13-11-19(17,18)9-7-15-13/h2-3,5-6,13,15H,4,7-11H2,1H3. The van der Waals surface area contributed by atoms with Crippen LogP contribution in [0.25, 0.3) is 0 Å². The number of sulfone groups is 1. The molecule has 0 amide bonds. The van der Waals surface area contributed by atoms with Gasteiger partial charge in [0.1, 0.15) is 0 Å². The van der Waals surface area contributed by atoms with Gasteiger partial charge in [0.25, 0.3) is 0 Å². The molecule has 1 N–H and O–H groups in total.